The van der Waals surface area contributed by atoms with Crippen LogP contribution in [0.2, 0.25) is 0 Å². The number of anilines is 1. The first-order chi connectivity index (χ1) is 15.8. The van der Waals surface area contributed by atoms with E-state index in [-0.39, 0.29) is 23.0 Å². The first-order valence-electron chi connectivity index (χ1n) is 10.2. The first kappa shape index (κ1) is 22.5. The van der Waals surface area contributed by atoms with Crippen molar-refractivity contribution in [2.75, 3.05) is 31.1 Å². The number of nitro benzene ring substituents is 1. The van der Waals surface area contributed by atoms with E-state index < -0.39 is 14.9 Å². The molecular weight excluding hydrogens is 448 g/mol. The van der Waals surface area contributed by atoms with E-state index in [1.807, 2.05) is 0 Å². The van der Waals surface area contributed by atoms with Gasteiger partial charge in [0.15, 0.2) is 0 Å². The Morgan fingerprint density at radius 1 is 1.00 bits per heavy atom. The van der Waals surface area contributed by atoms with Gasteiger partial charge in [0, 0.05) is 49.6 Å². The molecule has 0 radical (unpaired) electrons. The molecule has 0 aliphatic carbocycles. The number of hydrogen-bond donors (Lipinski definition) is 1. The van der Waals surface area contributed by atoms with Crippen LogP contribution in [-0.2, 0) is 16.6 Å². The summed E-state index contributed by atoms with van der Waals surface area (Å²) in [6.45, 7) is 2.19. The first-order valence-corrected chi connectivity index (χ1v) is 11.7. The van der Waals surface area contributed by atoms with Gasteiger partial charge in [-0.25, -0.2) is 13.1 Å². The van der Waals surface area contributed by atoms with Crippen LogP contribution >= 0.6 is 0 Å². The zero-order valence-corrected chi connectivity index (χ0v) is 18.4. The molecule has 0 bridgehead atoms. The van der Waals surface area contributed by atoms with Gasteiger partial charge in [0.1, 0.15) is 5.76 Å². The molecule has 10 nitrogen and oxygen atoms in total. The Labute approximate surface area is 190 Å². The van der Waals surface area contributed by atoms with Crippen LogP contribution in [0.5, 0.6) is 0 Å². The number of amides is 1. The molecule has 0 saturated carbocycles. The number of rotatable bonds is 7. The van der Waals surface area contributed by atoms with Gasteiger partial charge >= 0.3 is 0 Å². The van der Waals surface area contributed by atoms with Crippen molar-refractivity contribution >= 4 is 27.3 Å². The van der Waals surface area contributed by atoms with Gasteiger partial charge in [-0.1, -0.05) is 0 Å². The lowest BCUT2D eigenvalue weighted by Crippen LogP contribution is -2.48. The predicted octanol–water partition coefficient (Wildman–Crippen LogP) is 2.63. The average molecular weight is 471 g/mol. The third kappa shape index (κ3) is 5.21. The standard InChI is InChI=1S/C22H22N4O6S/c27-22(25-13-11-24(12-14-25)18-5-7-19(8-6-18)26(28)29)17-3-9-21(10-4-17)33(30,31)23-16-20-2-1-15-32-20/h1-10,15,23H,11-14,16H2. The Hall–Kier alpha value is -3.70. The van der Waals surface area contributed by atoms with Crippen LogP contribution in [0.25, 0.3) is 0 Å². The number of non-ortho nitro benzene ring substituents is 1. The van der Waals surface area contributed by atoms with E-state index in [4.69, 9.17) is 4.42 Å². The Morgan fingerprint density at radius 3 is 2.24 bits per heavy atom. The number of carbonyl (C=O) groups is 1. The number of nitro groups is 1. The maximum atomic E-state index is 12.9. The summed E-state index contributed by atoms with van der Waals surface area (Å²) in [5, 5.41) is 10.8. The van der Waals surface area contributed by atoms with Crippen molar-refractivity contribution < 1.29 is 22.6 Å². The lowest BCUT2D eigenvalue weighted by molar-refractivity contribution is -0.384. The molecule has 1 aromatic heterocycles. The van der Waals surface area contributed by atoms with E-state index in [1.165, 1.54) is 42.7 Å². The largest absolute Gasteiger partial charge is 0.468 e. The average Bonchev–Trinajstić information content (AvgIpc) is 3.37. The Bertz CT molecular complexity index is 1220. The summed E-state index contributed by atoms with van der Waals surface area (Å²) in [6.07, 6.45) is 1.47. The highest BCUT2D eigenvalue weighted by molar-refractivity contribution is 7.89. The van der Waals surface area contributed by atoms with Gasteiger partial charge in [0.25, 0.3) is 11.6 Å². The number of nitrogens with zero attached hydrogens (tertiary/aromatic N) is 3. The van der Waals surface area contributed by atoms with Crippen molar-refractivity contribution in [1.29, 1.82) is 0 Å². The molecular formula is C22H22N4O6S. The van der Waals surface area contributed by atoms with Crippen LogP contribution in [0.1, 0.15) is 16.1 Å². The third-order valence-corrected chi connectivity index (χ3v) is 6.84. The van der Waals surface area contributed by atoms with E-state index in [2.05, 4.69) is 9.62 Å². The highest BCUT2D eigenvalue weighted by Crippen LogP contribution is 2.21. The minimum absolute atomic E-state index is 0.0363. The van der Waals surface area contributed by atoms with E-state index in [0.717, 1.165) is 5.69 Å². The van der Waals surface area contributed by atoms with E-state index in [1.54, 1.807) is 29.2 Å². The highest BCUT2D eigenvalue weighted by atomic mass is 32.2. The summed E-state index contributed by atoms with van der Waals surface area (Å²) in [5.74, 6) is 0.323. The molecule has 1 saturated heterocycles. The zero-order chi connectivity index (χ0) is 23.4. The van der Waals surface area contributed by atoms with Crippen LogP contribution in [-0.4, -0.2) is 50.3 Å². The van der Waals surface area contributed by atoms with Crippen molar-refractivity contribution in [3.8, 4) is 0 Å². The van der Waals surface area contributed by atoms with Crippen molar-refractivity contribution in [2.24, 2.45) is 0 Å². The Kier molecular flexibility index (Phi) is 6.43. The summed E-state index contributed by atoms with van der Waals surface area (Å²) < 4.78 is 32.5. The second-order valence-corrected chi connectivity index (χ2v) is 9.25. The number of sulfonamides is 1. The zero-order valence-electron chi connectivity index (χ0n) is 17.6. The normalized spacial score (nSPS) is 14.3. The molecule has 1 aliphatic rings. The van der Waals surface area contributed by atoms with Gasteiger partial charge in [-0.15, -0.1) is 0 Å². The molecule has 3 aromatic rings. The molecule has 0 atom stereocenters. The summed E-state index contributed by atoms with van der Waals surface area (Å²) in [6, 6.07) is 15.5. The van der Waals surface area contributed by atoms with Gasteiger partial charge in [-0.05, 0) is 48.5 Å². The van der Waals surface area contributed by atoms with Gasteiger partial charge in [-0.3, -0.25) is 14.9 Å². The van der Waals surface area contributed by atoms with Gasteiger partial charge in [0.05, 0.1) is 22.6 Å². The Morgan fingerprint density at radius 2 is 1.67 bits per heavy atom. The fraction of sp³-hybridized carbons (Fsp3) is 0.227. The van der Waals surface area contributed by atoms with Crippen molar-refractivity contribution in [3.63, 3.8) is 0 Å². The monoisotopic (exact) mass is 470 g/mol. The van der Waals surface area contributed by atoms with Gasteiger partial charge in [-0.2, -0.15) is 0 Å². The molecule has 4 rings (SSSR count). The van der Waals surface area contributed by atoms with Crippen molar-refractivity contribution in [3.05, 3.63) is 88.4 Å². The molecule has 0 unspecified atom stereocenters. The number of hydrogen-bond acceptors (Lipinski definition) is 7. The van der Waals surface area contributed by atoms with E-state index >= 15 is 0 Å². The van der Waals surface area contributed by atoms with Gasteiger partial charge in [0.2, 0.25) is 10.0 Å². The van der Waals surface area contributed by atoms with Crippen LogP contribution in [0.15, 0.2) is 76.2 Å². The lowest BCUT2D eigenvalue weighted by Gasteiger charge is -2.36. The maximum absolute atomic E-state index is 12.9. The molecule has 1 N–H and O–H groups in total. The molecule has 1 amide bonds. The van der Waals surface area contributed by atoms with Crippen LogP contribution < -0.4 is 9.62 Å². The van der Waals surface area contributed by atoms with Crippen LogP contribution in [0, 0.1) is 10.1 Å². The van der Waals surface area contributed by atoms with Crippen LogP contribution in [0.4, 0.5) is 11.4 Å². The number of carbonyl (C=O) groups excluding carboxylic acids is 1. The molecule has 1 aliphatic heterocycles. The summed E-state index contributed by atoms with van der Waals surface area (Å²) in [5.41, 5.74) is 1.31. The molecule has 172 valence electrons. The number of furan rings is 1. The molecule has 2 aromatic carbocycles. The minimum Gasteiger partial charge on any atom is -0.468 e. The van der Waals surface area contributed by atoms with Crippen molar-refractivity contribution in [2.45, 2.75) is 11.4 Å². The highest BCUT2D eigenvalue weighted by Gasteiger charge is 2.23. The van der Waals surface area contributed by atoms with E-state index in [9.17, 15) is 23.3 Å². The Balaban J connectivity index is 1.34. The minimum atomic E-state index is -3.73. The fourth-order valence-corrected chi connectivity index (χ4v) is 4.57. The fourth-order valence-electron chi connectivity index (χ4n) is 3.57. The molecule has 33 heavy (non-hydrogen) atoms. The number of piperazine rings is 1. The molecule has 1 fully saturated rings. The van der Waals surface area contributed by atoms with Gasteiger partial charge < -0.3 is 14.2 Å². The predicted molar refractivity (Wildman–Crippen MR) is 120 cm³/mol. The molecule has 11 heteroatoms. The summed E-state index contributed by atoms with van der Waals surface area (Å²) in [7, 11) is -3.73. The summed E-state index contributed by atoms with van der Waals surface area (Å²) >= 11 is 0. The topological polar surface area (TPSA) is 126 Å². The molecule has 0 spiro atoms. The lowest BCUT2D eigenvalue weighted by atomic mass is 10.1. The SMILES string of the molecule is O=C(c1ccc(S(=O)(=O)NCc2ccco2)cc1)N1CCN(c2ccc([N+](=O)[O-])cc2)CC1. The smallest absolute Gasteiger partial charge is 0.269 e. The third-order valence-electron chi connectivity index (χ3n) is 5.42. The van der Waals surface area contributed by atoms with Crippen LogP contribution in [0.3, 0.4) is 0 Å². The second-order valence-electron chi connectivity index (χ2n) is 7.48. The molecule has 2 heterocycles. The van der Waals surface area contributed by atoms with Crippen molar-refractivity contribution in [1.82, 2.24) is 9.62 Å². The maximum Gasteiger partial charge on any atom is 0.269 e. The summed E-state index contributed by atoms with van der Waals surface area (Å²) in [4.78, 5) is 27.1. The number of nitrogens with one attached hydrogen (secondary N) is 1. The quantitative estimate of drug-likeness (QED) is 0.415. The van der Waals surface area contributed by atoms with E-state index in [0.29, 0.717) is 37.5 Å². The number of benzene rings is 2. The second kappa shape index (κ2) is 9.43.